The smallest absolute Gasteiger partial charge is 0.661 e. The first-order valence-electron chi connectivity index (χ1n) is 3.73. The van der Waals surface area contributed by atoms with Crippen molar-refractivity contribution in [3.05, 3.63) is 48.1 Å². The second kappa shape index (κ2) is 10.8. The van der Waals surface area contributed by atoms with Crippen molar-refractivity contribution in [2.24, 2.45) is 0 Å². The van der Waals surface area contributed by atoms with Crippen molar-refractivity contribution in [2.75, 3.05) is 7.05 Å². The molecule has 0 heterocycles. The summed E-state index contributed by atoms with van der Waals surface area (Å²) in [6, 6.07) is 10.2. The summed E-state index contributed by atoms with van der Waals surface area (Å²) in [4.78, 5) is 0. The monoisotopic (exact) mass is 213 g/mol. The van der Waals surface area contributed by atoms with Crippen LogP contribution in [0.25, 0.3) is 5.32 Å². The van der Waals surface area contributed by atoms with Crippen molar-refractivity contribution >= 4 is 0 Å². The average molecular weight is 215 g/mol. The van der Waals surface area contributed by atoms with Gasteiger partial charge in [0, 0.05) is 0 Å². The molecule has 0 amide bonds. The normalized spacial score (nSPS) is 7.58. The van der Waals surface area contributed by atoms with Crippen LogP contribution in [-0.2, 0) is 26.0 Å². The minimum Gasteiger partial charge on any atom is -0.661 e. The van der Waals surface area contributed by atoms with Crippen LogP contribution in [0.2, 0.25) is 0 Å². The van der Waals surface area contributed by atoms with Crippen molar-refractivity contribution in [1.82, 2.24) is 0 Å². The summed E-state index contributed by atoms with van der Waals surface area (Å²) in [5, 5.41) is 4.01. The molecule has 0 unspecified atom stereocenters. The molecule has 0 bridgehead atoms. The van der Waals surface area contributed by atoms with E-state index in [-0.39, 0.29) is 19.5 Å². The van der Waals surface area contributed by atoms with Crippen molar-refractivity contribution in [1.29, 1.82) is 0 Å². The molecule has 1 aromatic carbocycles. The average Bonchev–Trinajstić information content (AvgIpc) is 2.11. The Bertz CT molecular complexity index is 163. The summed E-state index contributed by atoms with van der Waals surface area (Å²) >= 11 is 0. The molecule has 1 aromatic rings. The van der Waals surface area contributed by atoms with Gasteiger partial charge in [0.05, 0.1) is 0 Å². The van der Waals surface area contributed by atoms with Crippen LogP contribution in [0.5, 0.6) is 0 Å². The molecule has 0 saturated heterocycles. The molecule has 62 valence electrons. The molecule has 0 radical (unpaired) electrons. The zero-order valence-corrected chi connectivity index (χ0v) is 10.9. The van der Waals surface area contributed by atoms with E-state index in [0.29, 0.717) is 0 Å². The topological polar surface area (TPSA) is 14.1 Å². The number of hydrogen-bond donors (Lipinski definition) is 0. The van der Waals surface area contributed by atoms with Crippen LogP contribution in [0.4, 0.5) is 0 Å². The third kappa shape index (κ3) is 6.51. The summed E-state index contributed by atoms with van der Waals surface area (Å²) in [5.74, 6) is 0. The Morgan fingerprint density at radius 2 is 1.67 bits per heavy atom. The van der Waals surface area contributed by atoms with Gasteiger partial charge in [-0.2, -0.15) is 14.0 Å². The van der Waals surface area contributed by atoms with Crippen LogP contribution in [-0.4, -0.2) is 7.05 Å². The molecule has 0 aromatic heterocycles. The SMILES string of the molecule is C[N-]Cc1ccccc1.[CH2-]C.[Zn+2]. The Morgan fingerprint density at radius 1 is 1.17 bits per heavy atom. The summed E-state index contributed by atoms with van der Waals surface area (Å²) in [5.41, 5.74) is 1.28. The van der Waals surface area contributed by atoms with E-state index in [1.807, 2.05) is 25.2 Å². The molecule has 0 aliphatic heterocycles. The van der Waals surface area contributed by atoms with Crippen molar-refractivity contribution in [3.63, 3.8) is 0 Å². The molecule has 0 aliphatic carbocycles. The van der Waals surface area contributed by atoms with E-state index in [9.17, 15) is 0 Å². The number of benzene rings is 1. The number of hydrogen-bond acceptors (Lipinski definition) is 0. The zero-order chi connectivity index (χ0) is 8.53. The summed E-state index contributed by atoms with van der Waals surface area (Å²) < 4.78 is 0. The Balaban J connectivity index is 0. The quantitative estimate of drug-likeness (QED) is 0.531. The Morgan fingerprint density at radius 3 is 2.08 bits per heavy atom. The van der Waals surface area contributed by atoms with Crippen LogP contribution < -0.4 is 0 Å². The van der Waals surface area contributed by atoms with Crippen molar-refractivity contribution in [3.8, 4) is 0 Å². The first-order valence-corrected chi connectivity index (χ1v) is 3.73. The first-order chi connectivity index (χ1) is 5.43. The summed E-state index contributed by atoms with van der Waals surface area (Å²) in [6.45, 7) is 5.83. The summed E-state index contributed by atoms with van der Waals surface area (Å²) in [7, 11) is 1.83. The van der Waals surface area contributed by atoms with Crippen LogP contribution in [0.15, 0.2) is 30.3 Å². The van der Waals surface area contributed by atoms with Gasteiger partial charge in [0.15, 0.2) is 0 Å². The minimum absolute atomic E-state index is 0. The third-order valence-electron chi connectivity index (χ3n) is 1.18. The van der Waals surface area contributed by atoms with E-state index in [1.54, 1.807) is 6.92 Å². The number of rotatable bonds is 2. The van der Waals surface area contributed by atoms with Gasteiger partial charge in [0.25, 0.3) is 0 Å². The van der Waals surface area contributed by atoms with Gasteiger partial charge < -0.3 is 12.2 Å². The Kier molecular flexibility index (Phi) is 12.9. The van der Waals surface area contributed by atoms with E-state index < -0.39 is 0 Å². The minimum atomic E-state index is 0. The molecule has 2 heteroatoms. The van der Waals surface area contributed by atoms with E-state index in [4.69, 9.17) is 0 Å². The van der Waals surface area contributed by atoms with Gasteiger partial charge in [-0.1, -0.05) is 35.9 Å². The van der Waals surface area contributed by atoms with Gasteiger partial charge in [-0.05, 0) is 0 Å². The first kappa shape index (κ1) is 14.3. The third-order valence-corrected chi connectivity index (χ3v) is 1.18. The second-order valence-corrected chi connectivity index (χ2v) is 1.96. The van der Waals surface area contributed by atoms with Gasteiger partial charge >= 0.3 is 19.5 Å². The molecule has 0 saturated carbocycles. The molecule has 1 rings (SSSR count). The van der Waals surface area contributed by atoms with Gasteiger partial charge in [0.1, 0.15) is 0 Å². The maximum atomic E-state index is 4.01. The van der Waals surface area contributed by atoms with Gasteiger partial charge in [-0.3, -0.25) is 0 Å². The maximum Gasteiger partial charge on any atom is 2.00 e. The standard InChI is InChI=1S/C8H10N.C2H5.Zn/c1-9-7-8-5-3-2-4-6-8;1-2;/h2-6H,7H2,1H3;1H2,2H3;/q2*-1;+2. The van der Waals surface area contributed by atoms with Crippen LogP contribution in [0.1, 0.15) is 12.5 Å². The van der Waals surface area contributed by atoms with Crippen LogP contribution in [0.3, 0.4) is 0 Å². The van der Waals surface area contributed by atoms with Crippen LogP contribution >= 0.6 is 0 Å². The molecule has 12 heavy (non-hydrogen) atoms. The maximum absolute atomic E-state index is 4.01. The molecule has 0 spiro atoms. The van der Waals surface area contributed by atoms with Gasteiger partial charge in [0.2, 0.25) is 0 Å². The Hall–Kier alpha value is -0.197. The molecule has 1 nitrogen and oxygen atoms in total. The second-order valence-electron chi connectivity index (χ2n) is 1.96. The predicted molar refractivity (Wildman–Crippen MR) is 50.5 cm³/mol. The molecule has 0 aliphatic rings. The van der Waals surface area contributed by atoms with E-state index >= 15 is 0 Å². The van der Waals surface area contributed by atoms with Crippen molar-refractivity contribution < 1.29 is 19.5 Å². The molecular weight excluding hydrogens is 200 g/mol. The Labute approximate surface area is 88.3 Å². The number of nitrogens with zero attached hydrogens (tertiary/aromatic N) is 1. The van der Waals surface area contributed by atoms with Gasteiger partial charge in [-0.25, -0.2) is 0 Å². The zero-order valence-electron chi connectivity index (χ0n) is 7.96. The van der Waals surface area contributed by atoms with E-state index in [1.165, 1.54) is 5.56 Å². The van der Waals surface area contributed by atoms with Crippen LogP contribution in [0, 0.1) is 6.92 Å². The fourth-order valence-corrected chi connectivity index (χ4v) is 0.766. The van der Waals surface area contributed by atoms with Gasteiger partial charge in [-0.15, -0.1) is 6.54 Å². The molecular formula is C10H15NZn. The summed E-state index contributed by atoms with van der Waals surface area (Å²) in [6.07, 6.45) is 0. The fourth-order valence-electron chi connectivity index (χ4n) is 0.766. The fraction of sp³-hybridized carbons (Fsp3) is 0.300. The predicted octanol–water partition coefficient (Wildman–Crippen LogP) is 3.03. The largest absolute Gasteiger partial charge is 2.00 e. The molecule has 0 fully saturated rings. The van der Waals surface area contributed by atoms with E-state index in [0.717, 1.165) is 6.54 Å². The molecule has 0 atom stereocenters. The van der Waals surface area contributed by atoms with E-state index in [2.05, 4.69) is 24.4 Å². The van der Waals surface area contributed by atoms with Crippen molar-refractivity contribution in [2.45, 2.75) is 13.5 Å². The molecule has 0 N–H and O–H groups in total.